The van der Waals surface area contributed by atoms with E-state index in [0.717, 1.165) is 16.7 Å². The lowest BCUT2D eigenvalue weighted by Crippen LogP contribution is -2.55. The zero-order valence-corrected chi connectivity index (χ0v) is 19.1. The number of halogens is 1. The van der Waals surface area contributed by atoms with Crippen LogP contribution >= 0.6 is 0 Å². The van der Waals surface area contributed by atoms with E-state index >= 15 is 0 Å². The number of hydrogen-bond donors (Lipinski definition) is 2. The first-order chi connectivity index (χ1) is 16.0. The third-order valence-electron chi connectivity index (χ3n) is 5.75. The monoisotopic (exact) mass is 448 g/mol. The molecule has 1 fully saturated rings. The summed E-state index contributed by atoms with van der Waals surface area (Å²) in [5, 5.41) is 22.6. The van der Waals surface area contributed by atoms with Gasteiger partial charge in [0, 0.05) is 5.69 Å². The molecule has 1 saturated heterocycles. The summed E-state index contributed by atoms with van der Waals surface area (Å²) in [5.41, 5.74) is 3.95. The Kier molecular flexibility index (Phi) is 7.83. The number of oxime groups is 1. The molecular weight excluding hydrogens is 419 g/mol. The maximum absolute atomic E-state index is 13.4. The summed E-state index contributed by atoms with van der Waals surface area (Å²) >= 11 is 0. The van der Waals surface area contributed by atoms with E-state index in [1.54, 1.807) is 41.3 Å². The summed E-state index contributed by atoms with van der Waals surface area (Å²) in [7, 11) is 0. The molecule has 3 aromatic rings. The van der Waals surface area contributed by atoms with Gasteiger partial charge in [0.2, 0.25) is 5.91 Å². The Morgan fingerprint density at radius 1 is 0.970 bits per heavy atom. The van der Waals surface area contributed by atoms with Gasteiger partial charge >= 0.3 is 0 Å². The van der Waals surface area contributed by atoms with E-state index in [-0.39, 0.29) is 29.4 Å². The first kappa shape index (κ1) is 24.0. The van der Waals surface area contributed by atoms with Gasteiger partial charge in [-0.2, -0.15) is 0 Å². The highest BCUT2D eigenvalue weighted by molar-refractivity contribution is 6.04. The second-order valence-electron chi connectivity index (χ2n) is 7.78. The Morgan fingerprint density at radius 3 is 2.15 bits per heavy atom. The Bertz CT molecular complexity index is 1090. The van der Waals surface area contributed by atoms with E-state index in [1.165, 1.54) is 12.1 Å². The van der Waals surface area contributed by atoms with E-state index in [2.05, 4.69) is 5.16 Å². The van der Waals surface area contributed by atoms with E-state index in [9.17, 15) is 19.5 Å². The second kappa shape index (κ2) is 10.8. The first-order valence-corrected chi connectivity index (χ1v) is 11.1. The maximum Gasteiger partial charge on any atom is 0.233 e. The number of carbonyl (C=O) groups is 1. The smallest absolute Gasteiger partial charge is 0.233 e. The fourth-order valence-electron chi connectivity index (χ4n) is 4.06. The molecule has 0 spiro atoms. The van der Waals surface area contributed by atoms with Crippen LogP contribution in [0.5, 0.6) is 5.75 Å². The van der Waals surface area contributed by atoms with Crippen LogP contribution < -0.4 is 4.90 Å². The van der Waals surface area contributed by atoms with Crippen molar-refractivity contribution in [3.8, 4) is 5.75 Å². The second-order valence-corrected chi connectivity index (χ2v) is 7.78. The molecule has 6 heteroatoms. The standard InChI is InChI=1S/C25H23FN2O3.C2H6/c1-16-2-4-17(5-3-16)23(27-31)15-14-22-24(18-6-12-21(29)13-7-18)28(25(22)30)20-10-8-19(26)9-11-20;1-2/h2-13,22,24,29,31H,14-15H2,1H3;1-2H3/b27-23-;/t22-,24?;/m1./s1. The largest absolute Gasteiger partial charge is 0.508 e. The van der Waals surface area contributed by atoms with Crippen molar-refractivity contribution in [2.45, 2.75) is 39.7 Å². The zero-order chi connectivity index (χ0) is 24.0. The molecule has 2 N–H and O–H groups in total. The van der Waals surface area contributed by atoms with Crippen LogP contribution in [-0.4, -0.2) is 21.9 Å². The molecule has 2 atom stereocenters. The van der Waals surface area contributed by atoms with E-state index in [0.29, 0.717) is 24.2 Å². The molecule has 5 nitrogen and oxygen atoms in total. The van der Waals surface area contributed by atoms with Crippen LogP contribution in [0.25, 0.3) is 0 Å². The Hall–Kier alpha value is -3.67. The lowest BCUT2D eigenvalue weighted by atomic mass is 9.78. The van der Waals surface area contributed by atoms with Crippen LogP contribution in [0.3, 0.4) is 0 Å². The van der Waals surface area contributed by atoms with Crippen LogP contribution in [0.2, 0.25) is 0 Å². The molecule has 1 heterocycles. The number of β-lactam (4-membered cyclic amide) rings is 1. The highest BCUT2D eigenvalue weighted by Gasteiger charge is 2.48. The van der Waals surface area contributed by atoms with Crippen molar-refractivity contribution < 1.29 is 19.5 Å². The number of aromatic hydroxyl groups is 1. The molecule has 0 aliphatic carbocycles. The molecule has 172 valence electrons. The third-order valence-corrected chi connectivity index (χ3v) is 5.75. The number of anilines is 1. The lowest BCUT2D eigenvalue weighted by molar-refractivity contribution is -0.130. The van der Waals surface area contributed by atoms with Crippen molar-refractivity contribution in [2.24, 2.45) is 11.1 Å². The number of phenols is 1. The Labute approximate surface area is 193 Å². The van der Waals surface area contributed by atoms with Crippen molar-refractivity contribution in [3.63, 3.8) is 0 Å². The molecule has 0 radical (unpaired) electrons. The summed E-state index contributed by atoms with van der Waals surface area (Å²) in [4.78, 5) is 14.7. The molecule has 1 amide bonds. The van der Waals surface area contributed by atoms with Gasteiger partial charge in [-0.25, -0.2) is 4.39 Å². The van der Waals surface area contributed by atoms with Gasteiger partial charge in [0.25, 0.3) is 0 Å². The average molecular weight is 449 g/mol. The molecule has 3 aromatic carbocycles. The van der Waals surface area contributed by atoms with Gasteiger partial charge in [0.15, 0.2) is 0 Å². The normalized spacial score (nSPS) is 17.8. The van der Waals surface area contributed by atoms with E-state index in [4.69, 9.17) is 0 Å². The molecule has 0 aromatic heterocycles. The number of phenolic OH excluding ortho intramolecular Hbond substituents is 1. The summed E-state index contributed by atoms with van der Waals surface area (Å²) in [5.74, 6) is -0.604. The minimum Gasteiger partial charge on any atom is -0.508 e. The molecule has 1 aliphatic heterocycles. The van der Waals surface area contributed by atoms with Crippen LogP contribution in [0.1, 0.15) is 49.4 Å². The van der Waals surface area contributed by atoms with Crippen molar-refractivity contribution >= 4 is 17.3 Å². The first-order valence-electron chi connectivity index (χ1n) is 11.1. The molecule has 0 bridgehead atoms. The third kappa shape index (κ3) is 5.22. The Morgan fingerprint density at radius 2 is 1.58 bits per heavy atom. The average Bonchev–Trinajstić information content (AvgIpc) is 2.84. The van der Waals surface area contributed by atoms with Crippen LogP contribution in [-0.2, 0) is 4.79 Å². The molecule has 0 saturated carbocycles. The summed E-state index contributed by atoms with van der Waals surface area (Å²) < 4.78 is 13.4. The summed E-state index contributed by atoms with van der Waals surface area (Å²) in [6.45, 7) is 5.98. The quantitative estimate of drug-likeness (QED) is 0.203. The van der Waals surface area contributed by atoms with Gasteiger partial charge < -0.3 is 15.2 Å². The summed E-state index contributed by atoms with van der Waals surface area (Å²) in [6, 6.07) is 20.0. The molecule has 33 heavy (non-hydrogen) atoms. The SMILES string of the molecule is CC.Cc1ccc(/C(CC[C@H]2C(=O)N(c3ccc(F)cc3)C2c2ccc(O)cc2)=N\O)cc1. The van der Waals surface area contributed by atoms with Crippen molar-refractivity contribution in [3.05, 3.63) is 95.3 Å². The van der Waals surface area contributed by atoms with E-state index < -0.39 is 0 Å². The van der Waals surface area contributed by atoms with E-state index in [1.807, 2.05) is 45.0 Å². The van der Waals surface area contributed by atoms with Crippen LogP contribution in [0.15, 0.2) is 78.0 Å². The van der Waals surface area contributed by atoms with Gasteiger partial charge in [-0.3, -0.25) is 4.79 Å². The number of nitrogens with zero attached hydrogens (tertiary/aromatic N) is 2. The number of hydrogen-bond acceptors (Lipinski definition) is 4. The predicted octanol–water partition coefficient (Wildman–Crippen LogP) is 6.23. The van der Waals surface area contributed by atoms with Crippen molar-refractivity contribution in [1.29, 1.82) is 0 Å². The van der Waals surface area contributed by atoms with Gasteiger partial charge in [-0.05, 0) is 67.3 Å². The lowest BCUT2D eigenvalue weighted by Gasteiger charge is -2.47. The highest BCUT2D eigenvalue weighted by atomic mass is 19.1. The van der Waals surface area contributed by atoms with Gasteiger partial charge in [0.1, 0.15) is 11.6 Å². The fraction of sp³-hybridized carbons (Fsp3) is 0.259. The molecular formula is C27H29FN2O3. The van der Waals surface area contributed by atoms with Crippen molar-refractivity contribution in [2.75, 3.05) is 4.90 Å². The Balaban J connectivity index is 0.00000149. The van der Waals surface area contributed by atoms with Gasteiger partial charge in [-0.15, -0.1) is 0 Å². The highest BCUT2D eigenvalue weighted by Crippen LogP contribution is 2.46. The molecule has 1 aliphatic rings. The zero-order valence-electron chi connectivity index (χ0n) is 19.1. The van der Waals surface area contributed by atoms with Crippen molar-refractivity contribution in [1.82, 2.24) is 0 Å². The number of rotatable bonds is 6. The topological polar surface area (TPSA) is 73.1 Å². The summed E-state index contributed by atoms with van der Waals surface area (Å²) in [6.07, 6.45) is 0.928. The number of amides is 1. The molecule has 4 rings (SSSR count). The van der Waals surface area contributed by atoms with Crippen LogP contribution in [0.4, 0.5) is 10.1 Å². The molecule has 1 unspecified atom stereocenters. The number of aryl methyl sites for hydroxylation is 1. The number of benzene rings is 3. The maximum atomic E-state index is 13.4. The van der Waals surface area contributed by atoms with Crippen LogP contribution in [0, 0.1) is 18.7 Å². The minimum atomic E-state index is -0.364. The predicted molar refractivity (Wildman–Crippen MR) is 128 cm³/mol. The fourth-order valence-corrected chi connectivity index (χ4v) is 4.06. The minimum absolute atomic E-state index is 0.0640. The number of carbonyl (C=O) groups excluding carboxylic acids is 1. The van der Waals surface area contributed by atoms with Gasteiger partial charge in [-0.1, -0.05) is 61.0 Å². The van der Waals surface area contributed by atoms with Gasteiger partial charge in [0.05, 0.1) is 17.7 Å².